The van der Waals surface area contributed by atoms with Gasteiger partial charge in [0, 0.05) is 5.92 Å². The summed E-state index contributed by atoms with van der Waals surface area (Å²) in [6.45, 7) is 3.10. The molecule has 1 aromatic rings. The number of para-hydroxylation sites is 1. The lowest BCUT2D eigenvalue weighted by Gasteiger charge is -2.20. The Balaban J connectivity index is 1.75. The molecule has 2 rings (SSSR count). The molecule has 1 saturated carbocycles. The summed E-state index contributed by atoms with van der Waals surface area (Å²) in [5.74, 6) is 1.39. The van der Waals surface area contributed by atoms with Crippen LogP contribution < -0.4 is 15.8 Å². The van der Waals surface area contributed by atoms with Crippen molar-refractivity contribution in [2.24, 2.45) is 17.6 Å². The van der Waals surface area contributed by atoms with Crippen molar-refractivity contribution in [1.29, 1.82) is 0 Å². The lowest BCUT2D eigenvalue weighted by atomic mass is 9.95. The van der Waals surface area contributed by atoms with Gasteiger partial charge in [-0.05, 0) is 44.4 Å². The lowest BCUT2D eigenvalue weighted by Crippen LogP contribution is -2.39. The SMILES string of the molecule is CC(CNC(=O)[C@@H]1CCC[C@@H]1CN)Oc1ccccc1. The number of ether oxygens (including phenoxy) is 1. The van der Waals surface area contributed by atoms with Gasteiger partial charge in [-0.2, -0.15) is 0 Å². The molecule has 0 radical (unpaired) electrons. The molecule has 0 aromatic heterocycles. The summed E-state index contributed by atoms with van der Waals surface area (Å²) < 4.78 is 5.74. The van der Waals surface area contributed by atoms with E-state index in [0.717, 1.165) is 25.0 Å². The maximum Gasteiger partial charge on any atom is 0.223 e. The quantitative estimate of drug-likeness (QED) is 0.834. The third-order valence-corrected chi connectivity index (χ3v) is 3.94. The molecule has 1 aromatic carbocycles. The number of rotatable bonds is 6. The summed E-state index contributed by atoms with van der Waals surface area (Å²) >= 11 is 0. The van der Waals surface area contributed by atoms with E-state index >= 15 is 0 Å². The van der Waals surface area contributed by atoms with Gasteiger partial charge in [-0.25, -0.2) is 0 Å². The molecule has 0 saturated heterocycles. The second-order valence-corrected chi connectivity index (χ2v) is 5.52. The van der Waals surface area contributed by atoms with Crippen molar-refractivity contribution in [2.75, 3.05) is 13.1 Å². The van der Waals surface area contributed by atoms with E-state index in [0.29, 0.717) is 19.0 Å². The fourth-order valence-electron chi connectivity index (χ4n) is 2.81. The van der Waals surface area contributed by atoms with Crippen LogP contribution in [0.3, 0.4) is 0 Å². The van der Waals surface area contributed by atoms with Crippen molar-refractivity contribution in [3.05, 3.63) is 30.3 Å². The van der Waals surface area contributed by atoms with E-state index in [9.17, 15) is 4.79 Å². The van der Waals surface area contributed by atoms with Gasteiger partial charge in [0.25, 0.3) is 0 Å². The Kier molecular flexibility index (Phi) is 5.41. The summed E-state index contributed by atoms with van der Waals surface area (Å²) in [4.78, 5) is 12.1. The van der Waals surface area contributed by atoms with Crippen molar-refractivity contribution in [3.63, 3.8) is 0 Å². The van der Waals surface area contributed by atoms with Crippen LogP contribution >= 0.6 is 0 Å². The van der Waals surface area contributed by atoms with Gasteiger partial charge >= 0.3 is 0 Å². The maximum absolute atomic E-state index is 12.1. The highest BCUT2D eigenvalue weighted by molar-refractivity contribution is 5.79. The molecule has 1 unspecified atom stereocenters. The number of benzene rings is 1. The normalized spacial score (nSPS) is 23.3. The van der Waals surface area contributed by atoms with Crippen LogP contribution in [0.1, 0.15) is 26.2 Å². The molecule has 3 N–H and O–H groups in total. The Morgan fingerprint density at radius 3 is 2.85 bits per heavy atom. The smallest absolute Gasteiger partial charge is 0.223 e. The Labute approximate surface area is 120 Å². The lowest BCUT2D eigenvalue weighted by molar-refractivity contribution is -0.126. The number of carbonyl (C=O) groups excluding carboxylic acids is 1. The predicted molar refractivity (Wildman–Crippen MR) is 79.4 cm³/mol. The summed E-state index contributed by atoms with van der Waals surface area (Å²) in [5, 5.41) is 2.99. The molecule has 0 aliphatic heterocycles. The number of nitrogens with one attached hydrogen (secondary N) is 1. The highest BCUT2D eigenvalue weighted by Gasteiger charge is 2.31. The number of amides is 1. The molecule has 1 aliphatic rings. The Morgan fingerprint density at radius 2 is 2.15 bits per heavy atom. The summed E-state index contributed by atoms with van der Waals surface area (Å²) in [6.07, 6.45) is 3.10. The molecular weight excluding hydrogens is 252 g/mol. The van der Waals surface area contributed by atoms with Crippen molar-refractivity contribution in [2.45, 2.75) is 32.3 Å². The maximum atomic E-state index is 12.1. The molecule has 0 heterocycles. The highest BCUT2D eigenvalue weighted by atomic mass is 16.5. The van der Waals surface area contributed by atoms with Crippen molar-refractivity contribution in [1.82, 2.24) is 5.32 Å². The minimum absolute atomic E-state index is 0.0425. The number of carbonyl (C=O) groups is 1. The first-order chi connectivity index (χ1) is 9.70. The van der Waals surface area contributed by atoms with Crippen LogP contribution in [0.25, 0.3) is 0 Å². The van der Waals surface area contributed by atoms with Crippen molar-refractivity contribution >= 4 is 5.91 Å². The van der Waals surface area contributed by atoms with Gasteiger partial charge in [0.15, 0.2) is 0 Å². The van der Waals surface area contributed by atoms with E-state index in [1.54, 1.807) is 0 Å². The van der Waals surface area contributed by atoms with Gasteiger partial charge in [0.2, 0.25) is 5.91 Å². The summed E-state index contributed by atoms with van der Waals surface area (Å²) in [7, 11) is 0. The number of nitrogens with two attached hydrogens (primary N) is 1. The highest BCUT2D eigenvalue weighted by Crippen LogP contribution is 2.30. The summed E-state index contributed by atoms with van der Waals surface area (Å²) in [6, 6.07) is 9.65. The standard InChI is InChI=1S/C16H24N2O2/c1-12(20-14-7-3-2-4-8-14)11-18-16(19)15-9-5-6-13(15)10-17/h2-4,7-8,12-13,15H,5-6,9-11,17H2,1H3,(H,18,19)/t12?,13-,15-/m1/s1. The van der Waals surface area contributed by atoms with Gasteiger partial charge in [-0.3, -0.25) is 4.79 Å². The number of hydrogen-bond donors (Lipinski definition) is 2. The fraction of sp³-hybridized carbons (Fsp3) is 0.562. The monoisotopic (exact) mass is 276 g/mol. The topological polar surface area (TPSA) is 64.4 Å². The number of hydrogen-bond acceptors (Lipinski definition) is 3. The molecule has 3 atom stereocenters. The van der Waals surface area contributed by atoms with Crippen LogP contribution in [0.15, 0.2) is 30.3 Å². The minimum atomic E-state index is -0.0425. The molecule has 1 aliphatic carbocycles. The first-order valence-electron chi connectivity index (χ1n) is 7.40. The fourth-order valence-corrected chi connectivity index (χ4v) is 2.81. The third-order valence-electron chi connectivity index (χ3n) is 3.94. The second kappa shape index (κ2) is 7.29. The van der Waals surface area contributed by atoms with Crippen LogP contribution in [0.4, 0.5) is 0 Å². The Morgan fingerprint density at radius 1 is 1.40 bits per heavy atom. The predicted octanol–water partition coefficient (Wildman–Crippen LogP) is 1.95. The Hall–Kier alpha value is -1.55. The largest absolute Gasteiger partial charge is 0.489 e. The van der Waals surface area contributed by atoms with Gasteiger partial charge in [-0.15, -0.1) is 0 Å². The van der Waals surface area contributed by atoms with E-state index in [4.69, 9.17) is 10.5 Å². The molecule has 0 spiro atoms. The second-order valence-electron chi connectivity index (χ2n) is 5.52. The van der Waals surface area contributed by atoms with E-state index in [2.05, 4.69) is 5.32 Å². The molecule has 0 bridgehead atoms. The van der Waals surface area contributed by atoms with Crippen LogP contribution in [0.5, 0.6) is 5.75 Å². The summed E-state index contributed by atoms with van der Waals surface area (Å²) in [5.41, 5.74) is 5.72. The first-order valence-corrected chi connectivity index (χ1v) is 7.40. The molecule has 4 nitrogen and oxygen atoms in total. The van der Waals surface area contributed by atoms with Crippen molar-refractivity contribution in [3.8, 4) is 5.75 Å². The minimum Gasteiger partial charge on any atom is -0.489 e. The van der Waals surface area contributed by atoms with Gasteiger partial charge in [-0.1, -0.05) is 24.6 Å². The average Bonchev–Trinajstić information content (AvgIpc) is 2.94. The van der Waals surface area contributed by atoms with Gasteiger partial charge in [0.05, 0.1) is 6.54 Å². The van der Waals surface area contributed by atoms with Crippen LogP contribution in [0, 0.1) is 11.8 Å². The van der Waals surface area contributed by atoms with Gasteiger partial charge in [0.1, 0.15) is 11.9 Å². The van der Waals surface area contributed by atoms with Crippen LogP contribution in [0.2, 0.25) is 0 Å². The van der Waals surface area contributed by atoms with E-state index in [-0.39, 0.29) is 17.9 Å². The van der Waals surface area contributed by atoms with E-state index in [1.165, 1.54) is 0 Å². The zero-order valence-corrected chi connectivity index (χ0v) is 12.0. The first kappa shape index (κ1) is 14.9. The van der Waals surface area contributed by atoms with E-state index in [1.807, 2.05) is 37.3 Å². The third kappa shape index (κ3) is 3.97. The molecule has 1 fully saturated rings. The zero-order chi connectivity index (χ0) is 14.4. The molecular formula is C16H24N2O2. The average molecular weight is 276 g/mol. The van der Waals surface area contributed by atoms with Crippen molar-refractivity contribution < 1.29 is 9.53 Å². The van der Waals surface area contributed by atoms with E-state index < -0.39 is 0 Å². The van der Waals surface area contributed by atoms with Crippen LogP contribution in [-0.4, -0.2) is 25.1 Å². The molecule has 4 heteroatoms. The van der Waals surface area contributed by atoms with Crippen LogP contribution in [-0.2, 0) is 4.79 Å². The Bertz CT molecular complexity index is 422. The molecule has 110 valence electrons. The molecule has 20 heavy (non-hydrogen) atoms. The molecule has 1 amide bonds. The zero-order valence-electron chi connectivity index (χ0n) is 12.0. The van der Waals surface area contributed by atoms with Gasteiger partial charge < -0.3 is 15.8 Å².